The van der Waals surface area contributed by atoms with Crippen LogP contribution in [0.1, 0.15) is 35.8 Å². The minimum absolute atomic E-state index is 0.0178. The topological polar surface area (TPSA) is 38.5 Å². The van der Waals surface area contributed by atoms with E-state index in [4.69, 9.17) is 9.15 Å². The average molecular weight is 322 g/mol. The first-order valence-electron chi connectivity index (χ1n) is 7.65. The fourth-order valence-electron chi connectivity index (χ4n) is 2.70. The normalized spacial score (nSPS) is 19.9. The van der Waals surface area contributed by atoms with Gasteiger partial charge in [-0.3, -0.25) is 4.90 Å². The largest absolute Gasteiger partial charge is 0.445 e. The monoisotopic (exact) mass is 322 g/mol. The maximum atomic E-state index is 13.3. The molecule has 1 unspecified atom stereocenters. The number of hydrogen-bond donors (Lipinski definition) is 0. The summed E-state index contributed by atoms with van der Waals surface area (Å²) in [6.45, 7) is 5.46. The third-order valence-electron chi connectivity index (χ3n) is 3.97. The summed E-state index contributed by atoms with van der Waals surface area (Å²) in [5, 5.41) is 0. The van der Waals surface area contributed by atoms with Crippen LogP contribution < -0.4 is 0 Å². The average Bonchev–Trinajstić information content (AvgIpc) is 2.92. The Morgan fingerprint density at radius 2 is 2.04 bits per heavy atom. The standard InChI is InChI=1S/C17H20F2N2O2/c1-12-9-20-16(23-12)11-21-7-8-22-15(10-21)13-3-5-14(6-4-13)17(2,18)19/h3-6,9,15H,7-8,10-11H2,1-2H3. The second kappa shape index (κ2) is 6.37. The number of oxazole rings is 1. The van der Waals surface area contributed by atoms with Gasteiger partial charge in [0.2, 0.25) is 5.89 Å². The maximum absolute atomic E-state index is 13.3. The molecule has 2 aromatic rings. The van der Waals surface area contributed by atoms with Crippen LogP contribution in [0.5, 0.6) is 0 Å². The molecule has 0 saturated carbocycles. The molecule has 0 amide bonds. The van der Waals surface area contributed by atoms with Gasteiger partial charge in [-0.2, -0.15) is 0 Å². The zero-order valence-electron chi connectivity index (χ0n) is 13.3. The first-order valence-corrected chi connectivity index (χ1v) is 7.65. The van der Waals surface area contributed by atoms with Gasteiger partial charge in [0.25, 0.3) is 5.92 Å². The summed E-state index contributed by atoms with van der Waals surface area (Å²) < 4.78 is 37.8. The smallest absolute Gasteiger partial charge is 0.270 e. The van der Waals surface area contributed by atoms with E-state index in [1.165, 1.54) is 12.1 Å². The quantitative estimate of drug-likeness (QED) is 0.861. The molecule has 1 aromatic heterocycles. The summed E-state index contributed by atoms with van der Waals surface area (Å²) in [4.78, 5) is 6.41. The van der Waals surface area contributed by atoms with Crippen molar-refractivity contribution in [2.24, 2.45) is 0 Å². The van der Waals surface area contributed by atoms with Crippen molar-refractivity contribution in [1.82, 2.24) is 9.88 Å². The van der Waals surface area contributed by atoms with Gasteiger partial charge in [0.1, 0.15) is 5.76 Å². The molecule has 0 aliphatic carbocycles. The lowest BCUT2D eigenvalue weighted by atomic mass is 10.0. The molecule has 1 aliphatic heterocycles. The van der Waals surface area contributed by atoms with Crippen LogP contribution in [0.3, 0.4) is 0 Å². The summed E-state index contributed by atoms with van der Waals surface area (Å²) in [5.41, 5.74) is 0.926. The zero-order valence-corrected chi connectivity index (χ0v) is 13.3. The Morgan fingerprint density at radius 1 is 1.30 bits per heavy atom. The van der Waals surface area contributed by atoms with E-state index in [1.807, 2.05) is 6.92 Å². The highest BCUT2D eigenvalue weighted by molar-refractivity contribution is 5.27. The Kier molecular flexibility index (Phi) is 4.46. The molecule has 0 radical (unpaired) electrons. The molecule has 1 atom stereocenters. The van der Waals surface area contributed by atoms with Gasteiger partial charge in [-0.1, -0.05) is 24.3 Å². The van der Waals surface area contributed by atoms with E-state index in [2.05, 4.69) is 9.88 Å². The number of aryl methyl sites for hydroxylation is 1. The zero-order chi connectivity index (χ0) is 16.4. The number of alkyl halides is 2. The highest BCUT2D eigenvalue weighted by Crippen LogP contribution is 2.29. The van der Waals surface area contributed by atoms with Gasteiger partial charge in [-0.05, 0) is 12.5 Å². The number of halogens is 2. The Hall–Kier alpha value is -1.79. The maximum Gasteiger partial charge on any atom is 0.270 e. The number of ether oxygens (including phenoxy) is 1. The fourth-order valence-corrected chi connectivity index (χ4v) is 2.70. The summed E-state index contributed by atoms with van der Waals surface area (Å²) in [5.74, 6) is -1.34. The molecule has 6 heteroatoms. The van der Waals surface area contributed by atoms with E-state index in [1.54, 1.807) is 18.3 Å². The van der Waals surface area contributed by atoms with Gasteiger partial charge in [0.05, 0.1) is 25.5 Å². The predicted octanol–water partition coefficient (Wildman–Crippen LogP) is 3.67. The molecule has 1 saturated heterocycles. The lowest BCUT2D eigenvalue weighted by Gasteiger charge is -2.32. The van der Waals surface area contributed by atoms with Crippen molar-refractivity contribution < 1.29 is 17.9 Å². The van der Waals surface area contributed by atoms with Crippen molar-refractivity contribution in [3.8, 4) is 0 Å². The second-order valence-electron chi connectivity index (χ2n) is 5.97. The van der Waals surface area contributed by atoms with Crippen molar-refractivity contribution in [3.05, 3.63) is 53.2 Å². The number of rotatable bonds is 4. The van der Waals surface area contributed by atoms with Crippen molar-refractivity contribution >= 4 is 0 Å². The molecule has 0 spiro atoms. The van der Waals surface area contributed by atoms with Crippen molar-refractivity contribution in [2.45, 2.75) is 32.4 Å². The summed E-state index contributed by atoms with van der Waals surface area (Å²) in [7, 11) is 0. The predicted molar refractivity (Wildman–Crippen MR) is 81.2 cm³/mol. The third kappa shape index (κ3) is 3.95. The van der Waals surface area contributed by atoms with Gasteiger partial charge >= 0.3 is 0 Å². The SMILES string of the molecule is Cc1cnc(CN2CCOC(c3ccc(C(C)(F)F)cc3)C2)o1. The van der Waals surface area contributed by atoms with Crippen LogP contribution >= 0.6 is 0 Å². The molecule has 2 heterocycles. The third-order valence-corrected chi connectivity index (χ3v) is 3.97. The van der Waals surface area contributed by atoms with E-state index in [0.29, 0.717) is 25.6 Å². The summed E-state index contributed by atoms with van der Waals surface area (Å²) >= 11 is 0. The molecule has 1 fully saturated rings. The molecule has 0 N–H and O–H groups in total. The lowest BCUT2D eigenvalue weighted by Crippen LogP contribution is -2.37. The summed E-state index contributed by atoms with van der Waals surface area (Å²) in [6, 6.07) is 6.37. The van der Waals surface area contributed by atoms with Crippen LogP contribution in [0.4, 0.5) is 8.78 Å². The molecule has 1 aliphatic rings. The first-order chi connectivity index (χ1) is 10.9. The van der Waals surface area contributed by atoms with Crippen LogP contribution in [-0.4, -0.2) is 29.6 Å². The van der Waals surface area contributed by atoms with Crippen molar-refractivity contribution in [1.29, 1.82) is 0 Å². The van der Waals surface area contributed by atoms with Gasteiger partial charge in [-0.15, -0.1) is 0 Å². The van der Waals surface area contributed by atoms with Crippen molar-refractivity contribution in [2.75, 3.05) is 19.7 Å². The Morgan fingerprint density at radius 3 is 2.65 bits per heavy atom. The van der Waals surface area contributed by atoms with E-state index in [-0.39, 0.29) is 11.7 Å². The van der Waals surface area contributed by atoms with E-state index in [0.717, 1.165) is 24.8 Å². The van der Waals surface area contributed by atoms with E-state index < -0.39 is 5.92 Å². The molecule has 4 nitrogen and oxygen atoms in total. The summed E-state index contributed by atoms with van der Waals surface area (Å²) in [6.07, 6.45) is 1.58. The molecular formula is C17H20F2N2O2. The molecule has 3 rings (SSSR count). The van der Waals surface area contributed by atoms with Crippen LogP contribution in [0.2, 0.25) is 0 Å². The van der Waals surface area contributed by atoms with Crippen LogP contribution in [-0.2, 0) is 17.2 Å². The first kappa shape index (κ1) is 16.1. The number of nitrogens with zero attached hydrogens (tertiary/aromatic N) is 2. The number of benzene rings is 1. The highest BCUT2D eigenvalue weighted by atomic mass is 19.3. The molecule has 124 valence electrons. The van der Waals surface area contributed by atoms with Gasteiger partial charge in [0, 0.05) is 25.6 Å². The highest BCUT2D eigenvalue weighted by Gasteiger charge is 2.26. The molecule has 0 bridgehead atoms. The number of morpholine rings is 1. The molecule has 1 aromatic carbocycles. The van der Waals surface area contributed by atoms with Crippen molar-refractivity contribution in [3.63, 3.8) is 0 Å². The Bertz CT molecular complexity index is 649. The second-order valence-corrected chi connectivity index (χ2v) is 5.97. The number of hydrogen-bond acceptors (Lipinski definition) is 4. The van der Waals surface area contributed by atoms with Gasteiger partial charge in [0.15, 0.2) is 0 Å². The molecule has 23 heavy (non-hydrogen) atoms. The van der Waals surface area contributed by atoms with Crippen LogP contribution in [0, 0.1) is 6.92 Å². The minimum Gasteiger partial charge on any atom is -0.445 e. The van der Waals surface area contributed by atoms with E-state index >= 15 is 0 Å². The van der Waals surface area contributed by atoms with E-state index in [9.17, 15) is 8.78 Å². The Labute approximate surface area is 134 Å². The number of aromatic nitrogens is 1. The van der Waals surface area contributed by atoms with Gasteiger partial charge in [-0.25, -0.2) is 13.8 Å². The van der Waals surface area contributed by atoms with Gasteiger partial charge < -0.3 is 9.15 Å². The lowest BCUT2D eigenvalue weighted by molar-refractivity contribution is -0.0353. The van der Waals surface area contributed by atoms with Crippen LogP contribution in [0.25, 0.3) is 0 Å². The Balaban J connectivity index is 1.66. The van der Waals surface area contributed by atoms with Crippen LogP contribution in [0.15, 0.2) is 34.9 Å². The molecular weight excluding hydrogens is 302 g/mol. The fraction of sp³-hybridized carbons (Fsp3) is 0.471. The minimum atomic E-state index is -2.82.